The second-order valence-electron chi connectivity index (χ2n) is 22.7. The highest BCUT2D eigenvalue weighted by Gasteiger charge is 2.19. The van der Waals surface area contributed by atoms with Gasteiger partial charge in [0, 0.05) is 19.3 Å². The van der Waals surface area contributed by atoms with Gasteiger partial charge in [0.2, 0.25) is 0 Å². The summed E-state index contributed by atoms with van der Waals surface area (Å²) in [5.74, 6) is -0.924. The van der Waals surface area contributed by atoms with Gasteiger partial charge in [-0.15, -0.1) is 0 Å². The fourth-order valence-electron chi connectivity index (χ4n) is 9.96. The maximum absolute atomic E-state index is 12.9. The summed E-state index contributed by atoms with van der Waals surface area (Å²) < 4.78 is 16.9. The summed E-state index contributed by atoms with van der Waals surface area (Å²) in [6, 6.07) is 0. The third-order valence-corrected chi connectivity index (χ3v) is 15.0. The Kier molecular flexibility index (Phi) is 63.2. The summed E-state index contributed by atoms with van der Waals surface area (Å²) in [6.45, 7) is 6.52. The monoisotopic (exact) mass is 1080 g/mol. The van der Waals surface area contributed by atoms with Crippen molar-refractivity contribution in [3.8, 4) is 0 Å². The zero-order chi connectivity index (χ0) is 55.7. The van der Waals surface area contributed by atoms with Crippen LogP contribution >= 0.6 is 0 Å². The van der Waals surface area contributed by atoms with Crippen molar-refractivity contribution in [2.45, 2.75) is 361 Å². The number of carbonyl (C=O) groups excluding carboxylic acids is 3. The molecule has 0 saturated heterocycles. The molecule has 0 bridgehead atoms. The molecule has 0 aliphatic rings. The Morgan fingerprint density at radius 1 is 0.273 bits per heavy atom. The SMILES string of the molecule is CC/C=C\C/C=C\C/C=C\C/C=C\CCCCC(=O)OC(COC(=O)CCCCCCC/C=C\CCCCCCC)COC(=O)CCCCCCCCCCCCCCCCCCCCCCCCCCCCCCCC. The van der Waals surface area contributed by atoms with E-state index >= 15 is 0 Å². The van der Waals surface area contributed by atoms with Crippen LogP contribution < -0.4 is 0 Å². The topological polar surface area (TPSA) is 78.9 Å². The van der Waals surface area contributed by atoms with Gasteiger partial charge in [0.1, 0.15) is 13.2 Å². The van der Waals surface area contributed by atoms with Crippen molar-refractivity contribution >= 4 is 17.9 Å². The summed E-state index contributed by atoms with van der Waals surface area (Å²) in [5, 5.41) is 0. The third kappa shape index (κ3) is 63.8. The lowest BCUT2D eigenvalue weighted by atomic mass is 10.0. The van der Waals surface area contributed by atoms with Gasteiger partial charge in [-0.1, -0.05) is 313 Å². The zero-order valence-corrected chi connectivity index (χ0v) is 51.5. The predicted molar refractivity (Wildman–Crippen MR) is 335 cm³/mol. The summed E-state index contributed by atoms with van der Waals surface area (Å²) in [4.78, 5) is 38.3. The van der Waals surface area contributed by atoms with Crippen LogP contribution in [-0.2, 0) is 28.6 Å². The van der Waals surface area contributed by atoms with Crippen LogP contribution in [0.25, 0.3) is 0 Å². The third-order valence-electron chi connectivity index (χ3n) is 15.0. The fourth-order valence-corrected chi connectivity index (χ4v) is 9.96. The average Bonchev–Trinajstić information content (AvgIpc) is 3.43. The first-order valence-corrected chi connectivity index (χ1v) is 33.8. The standard InChI is InChI=1S/C71H128O6/c1-4-7-10-13-16-19-22-25-28-29-30-31-32-33-34-35-36-37-38-39-40-41-42-44-46-49-52-55-58-61-64-70(73)76-67-68(66-75-69(72)63-60-57-54-51-48-45-27-24-21-18-15-12-9-6-3)77-71(74)65-62-59-56-53-50-47-43-26-23-20-17-14-11-8-5-2/h8,11,17,20,24,26-27,43,50,53,68H,4-7,9-10,12-16,18-19,21-23,25,28-42,44-49,51-52,54-67H2,1-3H3/b11-8-,20-17-,27-24-,43-26-,53-50-. The second kappa shape index (κ2) is 65.6. The van der Waals surface area contributed by atoms with E-state index in [4.69, 9.17) is 14.2 Å². The van der Waals surface area contributed by atoms with Crippen LogP contribution in [0.5, 0.6) is 0 Å². The first kappa shape index (κ1) is 74.1. The molecule has 0 aliphatic heterocycles. The van der Waals surface area contributed by atoms with Crippen LogP contribution in [0.4, 0.5) is 0 Å². The van der Waals surface area contributed by atoms with E-state index in [1.807, 2.05) is 0 Å². The Morgan fingerprint density at radius 3 is 0.831 bits per heavy atom. The number of esters is 3. The quantitative estimate of drug-likeness (QED) is 0.0261. The van der Waals surface area contributed by atoms with E-state index in [1.54, 1.807) is 0 Å². The summed E-state index contributed by atoms with van der Waals surface area (Å²) in [7, 11) is 0. The van der Waals surface area contributed by atoms with Gasteiger partial charge in [-0.2, -0.15) is 0 Å². The van der Waals surface area contributed by atoms with Crippen LogP contribution in [0.1, 0.15) is 355 Å². The molecule has 1 unspecified atom stereocenters. The zero-order valence-electron chi connectivity index (χ0n) is 51.5. The van der Waals surface area contributed by atoms with Gasteiger partial charge < -0.3 is 14.2 Å². The molecule has 0 aromatic heterocycles. The highest BCUT2D eigenvalue weighted by atomic mass is 16.6. The van der Waals surface area contributed by atoms with Gasteiger partial charge >= 0.3 is 17.9 Å². The van der Waals surface area contributed by atoms with Crippen LogP contribution in [0, 0.1) is 0 Å². The molecule has 1 atom stereocenters. The number of allylic oxidation sites excluding steroid dienone is 10. The molecule has 0 N–H and O–H groups in total. The molecular formula is C71H128O6. The van der Waals surface area contributed by atoms with E-state index in [9.17, 15) is 14.4 Å². The molecule has 77 heavy (non-hydrogen) atoms. The van der Waals surface area contributed by atoms with Crippen LogP contribution in [0.2, 0.25) is 0 Å². The first-order valence-electron chi connectivity index (χ1n) is 33.8. The molecule has 0 radical (unpaired) electrons. The maximum Gasteiger partial charge on any atom is 0.306 e. The van der Waals surface area contributed by atoms with Crippen molar-refractivity contribution in [2.24, 2.45) is 0 Å². The lowest BCUT2D eigenvalue weighted by Gasteiger charge is -2.18. The predicted octanol–water partition coefficient (Wildman–Crippen LogP) is 23.1. The number of hydrogen-bond donors (Lipinski definition) is 0. The van der Waals surface area contributed by atoms with E-state index in [-0.39, 0.29) is 37.5 Å². The van der Waals surface area contributed by atoms with Crippen LogP contribution in [0.15, 0.2) is 60.8 Å². The number of rotatable bonds is 62. The molecule has 0 fully saturated rings. The maximum atomic E-state index is 12.9. The summed E-state index contributed by atoms with van der Waals surface area (Å²) in [6.07, 6.45) is 84.1. The molecule has 0 aromatic rings. The molecule has 0 aromatic carbocycles. The van der Waals surface area contributed by atoms with E-state index in [0.717, 1.165) is 83.5 Å². The molecule has 0 saturated carbocycles. The van der Waals surface area contributed by atoms with E-state index in [2.05, 4.69) is 81.5 Å². The van der Waals surface area contributed by atoms with Crippen molar-refractivity contribution < 1.29 is 28.6 Å². The van der Waals surface area contributed by atoms with Crippen molar-refractivity contribution in [1.82, 2.24) is 0 Å². The Hall–Kier alpha value is -2.89. The lowest BCUT2D eigenvalue weighted by molar-refractivity contribution is -0.167. The summed E-state index contributed by atoms with van der Waals surface area (Å²) in [5.41, 5.74) is 0. The summed E-state index contributed by atoms with van der Waals surface area (Å²) >= 11 is 0. The van der Waals surface area contributed by atoms with Gasteiger partial charge in [-0.25, -0.2) is 0 Å². The first-order chi connectivity index (χ1) is 38.0. The molecule has 0 rings (SSSR count). The van der Waals surface area contributed by atoms with Crippen molar-refractivity contribution in [2.75, 3.05) is 13.2 Å². The molecule has 6 heteroatoms. The van der Waals surface area contributed by atoms with Gasteiger partial charge in [0.15, 0.2) is 6.10 Å². The van der Waals surface area contributed by atoms with Crippen LogP contribution in [-0.4, -0.2) is 37.2 Å². The number of carbonyl (C=O) groups is 3. The largest absolute Gasteiger partial charge is 0.462 e. The average molecular weight is 1080 g/mol. The smallest absolute Gasteiger partial charge is 0.306 e. The minimum Gasteiger partial charge on any atom is -0.462 e. The van der Waals surface area contributed by atoms with E-state index in [0.29, 0.717) is 19.3 Å². The fraction of sp³-hybridized carbons (Fsp3) is 0.817. The molecule has 0 heterocycles. The number of ether oxygens (including phenoxy) is 3. The second-order valence-corrected chi connectivity index (χ2v) is 22.7. The minimum absolute atomic E-state index is 0.0906. The van der Waals surface area contributed by atoms with Gasteiger partial charge in [-0.3, -0.25) is 14.4 Å². The van der Waals surface area contributed by atoms with E-state index < -0.39 is 6.10 Å². The molecule has 0 amide bonds. The lowest BCUT2D eigenvalue weighted by Crippen LogP contribution is -2.30. The molecule has 0 spiro atoms. The normalized spacial score (nSPS) is 12.4. The van der Waals surface area contributed by atoms with Gasteiger partial charge in [0.05, 0.1) is 0 Å². The molecule has 448 valence electrons. The Labute approximate surface area is 479 Å². The Balaban J connectivity index is 4.18. The number of unbranched alkanes of at least 4 members (excludes halogenated alkanes) is 41. The van der Waals surface area contributed by atoms with Crippen LogP contribution in [0.3, 0.4) is 0 Å². The highest BCUT2D eigenvalue weighted by molar-refractivity contribution is 5.71. The number of hydrogen-bond acceptors (Lipinski definition) is 6. The van der Waals surface area contributed by atoms with Crippen molar-refractivity contribution in [3.05, 3.63) is 60.8 Å². The Bertz CT molecular complexity index is 1380. The molecule has 0 aliphatic carbocycles. The van der Waals surface area contributed by atoms with Crippen molar-refractivity contribution in [3.63, 3.8) is 0 Å². The Morgan fingerprint density at radius 2 is 0.506 bits per heavy atom. The minimum atomic E-state index is -0.799. The van der Waals surface area contributed by atoms with Gasteiger partial charge in [0.25, 0.3) is 0 Å². The highest BCUT2D eigenvalue weighted by Crippen LogP contribution is 2.18. The molecule has 6 nitrogen and oxygen atoms in total. The van der Waals surface area contributed by atoms with E-state index in [1.165, 1.54) is 225 Å². The molecular weight excluding hydrogens is 949 g/mol. The van der Waals surface area contributed by atoms with Gasteiger partial charge in [-0.05, 0) is 83.5 Å². The van der Waals surface area contributed by atoms with Crippen molar-refractivity contribution in [1.29, 1.82) is 0 Å².